The van der Waals surface area contributed by atoms with Gasteiger partial charge in [-0.15, -0.1) is 0 Å². The zero-order chi connectivity index (χ0) is 9.97. The molecule has 0 bridgehead atoms. The molecule has 1 aromatic rings. The van der Waals surface area contributed by atoms with Crippen molar-refractivity contribution in [3.63, 3.8) is 0 Å². The van der Waals surface area contributed by atoms with Crippen molar-refractivity contribution in [1.82, 2.24) is 15.3 Å². The van der Waals surface area contributed by atoms with E-state index in [1.165, 1.54) is 0 Å². The maximum Gasteiger partial charge on any atom is 0.148 e. The number of hydrogen-bond donors (Lipinski definition) is 1. The van der Waals surface area contributed by atoms with Crippen molar-refractivity contribution in [3.05, 3.63) is 13.6 Å². The zero-order valence-corrected chi connectivity index (χ0v) is 11.8. The smallest absolute Gasteiger partial charge is 0.148 e. The highest BCUT2D eigenvalue weighted by Crippen LogP contribution is 2.15. The van der Waals surface area contributed by atoms with E-state index in [-0.39, 0.29) is 0 Å². The van der Waals surface area contributed by atoms with Crippen molar-refractivity contribution in [2.75, 3.05) is 31.1 Å². The van der Waals surface area contributed by atoms with Gasteiger partial charge in [0.15, 0.2) is 0 Å². The second kappa shape index (κ2) is 4.88. The van der Waals surface area contributed by atoms with Crippen LogP contribution in [-0.4, -0.2) is 36.1 Å². The average Bonchev–Trinajstić information content (AvgIpc) is 2.23. The van der Waals surface area contributed by atoms with Crippen LogP contribution in [0.5, 0.6) is 0 Å². The molecule has 1 fully saturated rings. The van der Waals surface area contributed by atoms with Crippen LogP contribution < -0.4 is 10.2 Å². The van der Waals surface area contributed by atoms with E-state index in [1.54, 1.807) is 0 Å². The van der Waals surface area contributed by atoms with E-state index in [0.29, 0.717) is 0 Å². The number of piperazine rings is 1. The number of hydrogen-bond acceptors (Lipinski definition) is 4. The van der Waals surface area contributed by atoms with Crippen LogP contribution in [0.2, 0.25) is 0 Å². The quantitative estimate of drug-likeness (QED) is 0.697. The van der Waals surface area contributed by atoms with Gasteiger partial charge in [0.05, 0.1) is 6.20 Å². The summed E-state index contributed by atoms with van der Waals surface area (Å²) in [6.07, 6.45) is 1.86. The largest absolute Gasteiger partial charge is 0.353 e. The van der Waals surface area contributed by atoms with Gasteiger partial charge < -0.3 is 10.2 Å². The monoisotopic (exact) mass is 416 g/mol. The van der Waals surface area contributed by atoms with Crippen molar-refractivity contribution in [3.8, 4) is 0 Å². The molecule has 1 aromatic heterocycles. The summed E-state index contributed by atoms with van der Waals surface area (Å²) in [7, 11) is 0. The second-order valence-corrected chi connectivity index (χ2v) is 5.09. The third-order valence-electron chi connectivity index (χ3n) is 2.12. The van der Waals surface area contributed by atoms with Gasteiger partial charge in [-0.05, 0) is 45.2 Å². The summed E-state index contributed by atoms with van der Waals surface area (Å²) in [6.45, 7) is 4.10. The molecule has 1 N–H and O–H groups in total. The number of nitrogens with zero attached hydrogens (tertiary/aromatic N) is 3. The number of rotatable bonds is 1. The summed E-state index contributed by atoms with van der Waals surface area (Å²) in [6, 6.07) is 0. The minimum atomic E-state index is 0.974. The lowest BCUT2D eigenvalue weighted by Crippen LogP contribution is -2.44. The Balaban J connectivity index is 2.18. The molecular formula is C8H10I2N4. The maximum atomic E-state index is 4.51. The fraction of sp³-hybridized carbons (Fsp3) is 0.500. The Labute approximate surface area is 110 Å². The van der Waals surface area contributed by atoms with Crippen LogP contribution in [-0.2, 0) is 0 Å². The van der Waals surface area contributed by atoms with E-state index in [1.807, 2.05) is 6.20 Å². The van der Waals surface area contributed by atoms with E-state index < -0.39 is 0 Å². The summed E-state index contributed by atoms with van der Waals surface area (Å²) in [5, 5.41) is 3.32. The van der Waals surface area contributed by atoms with Crippen molar-refractivity contribution in [1.29, 1.82) is 0 Å². The van der Waals surface area contributed by atoms with Gasteiger partial charge in [-0.3, -0.25) is 0 Å². The molecule has 76 valence electrons. The molecule has 0 atom stereocenters. The Morgan fingerprint density at radius 1 is 1.21 bits per heavy atom. The van der Waals surface area contributed by atoms with E-state index >= 15 is 0 Å². The van der Waals surface area contributed by atoms with Gasteiger partial charge in [-0.25, -0.2) is 9.97 Å². The molecule has 0 aliphatic carbocycles. The molecule has 14 heavy (non-hydrogen) atoms. The Kier molecular flexibility index (Phi) is 3.77. The molecule has 2 rings (SSSR count). The topological polar surface area (TPSA) is 41.1 Å². The first-order valence-electron chi connectivity index (χ1n) is 4.41. The SMILES string of the molecule is Ic1ncc(N2CCNCC2)nc1I. The second-order valence-electron chi connectivity index (χ2n) is 3.05. The highest BCUT2D eigenvalue weighted by molar-refractivity contribution is 14.1. The van der Waals surface area contributed by atoms with Gasteiger partial charge in [0.1, 0.15) is 13.2 Å². The lowest BCUT2D eigenvalue weighted by Gasteiger charge is -2.28. The lowest BCUT2D eigenvalue weighted by molar-refractivity contribution is 0.583. The van der Waals surface area contributed by atoms with Crippen LogP contribution >= 0.6 is 45.2 Å². The van der Waals surface area contributed by atoms with Crippen LogP contribution in [0, 0.1) is 7.40 Å². The summed E-state index contributed by atoms with van der Waals surface area (Å²) in [5.41, 5.74) is 0. The Morgan fingerprint density at radius 3 is 2.57 bits per heavy atom. The van der Waals surface area contributed by atoms with Gasteiger partial charge in [0.2, 0.25) is 0 Å². The van der Waals surface area contributed by atoms with Crippen LogP contribution in [0.3, 0.4) is 0 Å². The van der Waals surface area contributed by atoms with Crippen molar-refractivity contribution >= 4 is 51.0 Å². The Bertz CT molecular complexity index is 325. The van der Waals surface area contributed by atoms with Gasteiger partial charge >= 0.3 is 0 Å². The van der Waals surface area contributed by atoms with Gasteiger partial charge in [-0.2, -0.15) is 0 Å². The molecule has 4 nitrogen and oxygen atoms in total. The standard InChI is InChI=1S/C8H10I2N4/c9-7-8(10)13-6(5-12-7)14-3-1-11-2-4-14/h5,11H,1-4H2. The maximum absolute atomic E-state index is 4.51. The van der Waals surface area contributed by atoms with Crippen molar-refractivity contribution in [2.45, 2.75) is 0 Å². The first kappa shape index (κ1) is 10.8. The summed E-state index contributed by atoms with van der Waals surface area (Å²) in [5.74, 6) is 0.997. The molecule has 0 unspecified atom stereocenters. The van der Waals surface area contributed by atoms with Crippen molar-refractivity contribution < 1.29 is 0 Å². The van der Waals surface area contributed by atoms with Gasteiger partial charge in [0.25, 0.3) is 0 Å². The van der Waals surface area contributed by atoms with Crippen LogP contribution in [0.25, 0.3) is 0 Å². The minimum absolute atomic E-state index is 0.974. The molecule has 1 saturated heterocycles. The third-order valence-corrected chi connectivity index (χ3v) is 4.69. The predicted molar refractivity (Wildman–Crippen MR) is 72.5 cm³/mol. The number of aromatic nitrogens is 2. The molecule has 1 aliphatic rings. The molecule has 0 saturated carbocycles. The zero-order valence-electron chi connectivity index (χ0n) is 7.50. The fourth-order valence-corrected chi connectivity index (χ4v) is 2.04. The summed E-state index contributed by atoms with van der Waals surface area (Å²) < 4.78 is 1.96. The van der Waals surface area contributed by atoms with E-state index in [4.69, 9.17) is 0 Å². The molecular weight excluding hydrogens is 406 g/mol. The predicted octanol–water partition coefficient (Wildman–Crippen LogP) is 1.10. The molecule has 0 amide bonds. The van der Waals surface area contributed by atoms with E-state index in [9.17, 15) is 0 Å². The number of nitrogens with one attached hydrogen (secondary N) is 1. The van der Waals surface area contributed by atoms with Crippen molar-refractivity contribution in [2.24, 2.45) is 0 Å². The molecule has 1 aliphatic heterocycles. The highest BCUT2D eigenvalue weighted by Gasteiger charge is 2.12. The van der Waals surface area contributed by atoms with E-state index in [2.05, 4.69) is 65.4 Å². The number of halogens is 2. The third kappa shape index (κ3) is 2.45. The van der Waals surface area contributed by atoms with Crippen LogP contribution in [0.4, 0.5) is 5.82 Å². The lowest BCUT2D eigenvalue weighted by atomic mass is 10.4. The van der Waals surface area contributed by atoms with Gasteiger partial charge in [0, 0.05) is 26.2 Å². The first-order chi connectivity index (χ1) is 6.77. The normalized spacial score (nSPS) is 17.1. The van der Waals surface area contributed by atoms with Crippen LogP contribution in [0.15, 0.2) is 6.20 Å². The van der Waals surface area contributed by atoms with Gasteiger partial charge in [-0.1, -0.05) is 0 Å². The Hall–Kier alpha value is 0.300. The molecule has 0 aromatic carbocycles. The Morgan fingerprint density at radius 2 is 1.93 bits per heavy atom. The van der Waals surface area contributed by atoms with E-state index in [0.717, 1.165) is 39.4 Å². The average molecular weight is 416 g/mol. The summed E-state index contributed by atoms with van der Waals surface area (Å²) in [4.78, 5) is 11.1. The molecule has 0 radical (unpaired) electrons. The summed E-state index contributed by atoms with van der Waals surface area (Å²) >= 11 is 4.42. The molecule has 6 heteroatoms. The minimum Gasteiger partial charge on any atom is -0.353 e. The highest BCUT2D eigenvalue weighted by atomic mass is 127. The fourth-order valence-electron chi connectivity index (χ4n) is 1.39. The first-order valence-corrected chi connectivity index (χ1v) is 6.57. The molecule has 0 spiro atoms. The molecule has 2 heterocycles. The van der Waals surface area contributed by atoms with Crippen LogP contribution in [0.1, 0.15) is 0 Å². The number of anilines is 1.